The molecule has 0 atom stereocenters. The highest BCUT2D eigenvalue weighted by molar-refractivity contribution is 5.91. The van der Waals surface area contributed by atoms with Crippen LogP contribution in [0.5, 0.6) is 0 Å². The van der Waals surface area contributed by atoms with Gasteiger partial charge in [0.25, 0.3) is 0 Å². The van der Waals surface area contributed by atoms with E-state index in [1.807, 2.05) is 0 Å². The van der Waals surface area contributed by atoms with Crippen LogP contribution in [0.25, 0.3) is 0 Å². The van der Waals surface area contributed by atoms with Gasteiger partial charge < -0.3 is 73.4 Å². The van der Waals surface area contributed by atoms with Gasteiger partial charge in [0.2, 0.25) is 23.6 Å². The number of unbranched alkanes of at least 4 members (excludes halogenated alkanes) is 17. The topological polar surface area (TPSA) is 406 Å². The maximum Gasteiger partial charge on any atom is 0.317 e. The normalized spacial score (nSPS) is 12.7. The Balaban J connectivity index is 8.79. The van der Waals surface area contributed by atoms with Crippen molar-refractivity contribution in [3.63, 3.8) is 0 Å². The fraction of sp³-hybridized carbons (Fsp3) is 0.854. The minimum atomic E-state index is -1.83. The molecule has 30 nitrogen and oxygen atoms in total. The first-order valence-electron chi connectivity index (χ1n) is 49.5. The minimum absolute atomic E-state index is 0.116. The lowest BCUT2D eigenvalue weighted by molar-refractivity contribution is -0.158. The largest absolute Gasteiger partial charge is 0.465 e. The number of carbonyl (C=O) groups is 15. The minimum Gasteiger partial charge on any atom is -0.465 e. The summed E-state index contributed by atoms with van der Waals surface area (Å²) in [4.78, 5) is 213. The molecule has 0 radical (unpaired) electrons. The average molecular weight is 1890 g/mol. The Hall–Kier alpha value is -7.95. The van der Waals surface area contributed by atoms with Gasteiger partial charge in [0.1, 0.15) is 56.8 Å². The second-order valence-corrected chi connectivity index (χ2v) is 45.3. The van der Waals surface area contributed by atoms with Gasteiger partial charge in [-0.1, -0.05) is 103 Å². The average Bonchev–Trinajstić information content (AvgIpc) is 0.829. The molecule has 4 amide bonds. The van der Waals surface area contributed by atoms with Crippen molar-refractivity contribution in [1.29, 1.82) is 0 Å². The summed E-state index contributed by atoms with van der Waals surface area (Å²) in [5.41, 5.74) is -15.2. The number of ether oxygens (including phenoxy) is 11. The van der Waals surface area contributed by atoms with Gasteiger partial charge in [-0.2, -0.15) is 0 Å². The molecule has 30 heteroatoms. The van der Waals surface area contributed by atoms with Crippen LogP contribution in [0.15, 0.2) is 0 Å². The monoisotopic (exact) mass is 1890 g/mol. The molecule has 0 bridgehead atoms. The van der Waals surface area contributed by atoms with Gasteiger partial charge in [0, 0.05) is 106 Å². The SMILES string of the molecule is CCCCCCCCCCCCCCCCCCOC(=O)CC(=O)OCCCCCC(=O)NC(CCC(=O)NC(CCC(=O)OC(C)(C)C)(CCC(=O)OC(C)(C)C)CCC(=O)OC(C)(C)C)(CCC(=O)NC(CCC(=O)OC(C)(C)C)(CCC(=O)OC(C)(C)C)CCC(=O)OC(C)(C)C)CCC(=O)NC(CCC(=O)OC(C)(C)C)(CCC(=O)OC(C)(C)C)CCC(=O)OC(C)(C)C. The van der Waals surface area contributed by atoms with Crippen molar-refractivity contribution >= 4 is 89.3 Å². The highest BCUT2D eigenvalue weighted by Gasteiger charge is 2.43. The molecular weight excluding hydrogens is 1710 g/mol. The number of hydrogen-bond acceptors (Lipinski definition) is 26. The van der Waals surface area contributed by atoms with Gasteiger partial charge in [-0.05, 0) is 290 Å². The first kappa shape index (κ1) is 125. The van der Waals surface area contributed by atoms with Crippen molar-refractivity contribution in [3.05, 3.63) is 0 Å². The lowest BCUT2D eigenvalue weighted by Crippen LogP contribution is -2.54. The predicted molar refractivity (Wildman–Crippen MR) is 511 cm³/mol. The van der Waals surface area contributed by atoms with Crippen molar-refractivity contribution in [3.8, 4) is 0 Å². The summed E-state index contributed by atoms with van der Waals surface area (Å²) in [6, 6.07) is 0. The molecule has 0 aliphatic heterocycles. The zero-order chi connectivity index (χ0) is 102. The third kappa shape index (κ3) is 71.2. The summed E-state index contributed by atoms with van der Waals surface area (Å²) in [5, 5.41) is 12.5. The Morgan fingerprint density at radius 1 is 0.173 bits per heavy atom. The zero-order valence-electron chi connectivity index (χ0n) is 87.8. The molecule has 0 aromatic carbocycles. The molecule has 0 aromatic rings. The number of nitrogens with one attached hydrogen (secondary N) is 4. The molecule has 0 rings (SSSR count). The predicted octanol–water partition coefficient (Wildman–Crippen LogP) is 20.1. The molecule has 0 saturated carbocycles. The van der Waals surface area contributed by atoms with Gasteiger partial charge in [0.15, 0.2) is 0 Å². The second kappa shape index (κ2) is 59.9. The van der Waals surface area contributed by atoms with Gasteiger partial charge >= 0.3 is 65.7 Å². The molecule has 0 saturated heterocycles. The summed E-state index contributed by atoms with van der Waals surface area (Å²) >= 11 is 0. The Kier molecular flexibility index (Phi) is 56.3. The first-order chi connectivity index (χ1) is 61.0. The number of hydrogen-bond donors (Lipinski definition) is 4. The van der Waals surface area contributed by atoms with Crippen molar-refractivity contribution in [2.24, 2.45) is 0 Å². The molecule has 4 N–H and O–H groups in total. The van der Waals surface area contributed by atoms with Gasteiger partial charge in [-0.25, -0.2) is 0 Å². The van der Waals surface area contributed by atoms with Crippen molar-refractivity contribution in [2.75, 3.05) is 13.2 Å². The van der Waals surface area contributed by atoms with Crippen LogP contribution in [-0.2, 0) is 124 Å². The van der Waals surface area contributed by atoms with Crippen LogP contribution in [0.4, 0.5) is 0 Å². The molecule has 133 heavy (non-hydrogen) atoms. The van der Waals surface area contributed by atoms with Crippen molar-refractivity contribution in [2.45, 2.75) is 555 Å². The lowest BCUT2D eigenvalue weighted by Gasteiger charge is -2.39. The molecule has 0 heterocycles. The van der Waals surface area contributed by atoms with Crippen LogP contribution in [0, 0.1) is 0 Å². The van der Waals surface area contributed by atoms with Crippen LogP contribution in [-0.4, -0.2) is 175 Å². The fourth-order valence-corrected chi connectivity index (χ4v) is 15.2. The number of rotatable bonds is 65. The molecule has 0 fully saturated rings. The summed E-state index contributed by atoms with van der Waals surface area (Å²) < 4.78 is 62.7. The van der Waals surface area contributed by atoms with E-state index in [0.29, 0.717) is 12.8 Å². The molecule has 0 aromatic heterocycles. The van der Waals surface area contributed by atoms with E-state index in [1.165, 1.54) is 77.0 Å². The Morgan fingerprint density at radius 3 is 0.481 bits per heavy atom. The highest BCUT2D eigenvalue weighted by atomic mass is 16.6. The quantitative estimate of drug-likeness (QED) is 0.0190. The maximum absolute atomic E-state index is 15.7. The Bertz CT molecular complexity index is 3050. The van der Waals surface area contributed by atoms with Crippen LogP contribution < -0.4 is 21.3 Å². The van der Waals surface area contributed by atoms with Crippen LogP contribution in [0.2, 0.25) is 0 Å². The van der Waals surface area contributed by atoms with E-state index in [1.54, 1.807) is 187 Å². The Morgan fingerprint density at radius 2 is 0.316 bits per heavy atom. The van der Waals surface area contributed by atoms with Gasteiger partial charge in [-0.15, -0.1) is 0 Å². The summed E-state index contributed by atoms with van der Waals surface area (Å²) in [5.74, 6) is -10.4. The molecule has 0 aliphatic carbocycles. The lowest BCUT2D eigenvalue weighted by atomic mass is 9.80. The number of carbonyl (C=O) groups excluding carboxylic acids is 15. The molecule has 770 valence electrons. The standard InChI is InChI=1S/C103H182N4O26/c1-29-30-31-32-33-34-35-36-37-38-39-40-41-42-43-46-73-123-89(121)75-90(122)124-74-47-44-45-48-76(108)104-100(61-49-77(109)105-101(64-52-80(112)125-91(2,3)4,65-53-81(113)126-92(5,6)7)66-54-82(114)127-93(8,9)10,62-50-78(110)106-102(67-55-83(115)128-94(11,12)13,68-56-84(116)129-95(14,15)16)69-57-85(117)130-96(17,18)19)63-51-79(111)107-103(70-58-86(118)131-97(20,21)22,71-59-87(119)132-98(23,24)25)72-60-88(120)133-99(26,27)28/h29-75H2,1-28H3,(H,104,108)(H,105,109)(H,106,110)(H,107,111). The van der Waals surface area contributed by atoms with E-state index in [9.17, 15) is 52.7 Å². The van der Waals surface area contributed by atoms with Crippen LogP contribution in [0.1, 0.15) is 483 Å². The van der Waals surface area contributed by atoms with Gasteiger partial charge in [-0.3, -0.25) is 71.9 Å². The molecule has 0 spiro atoms. The summed E-state index contributed by atoms with van der Waals surface area (Å²) in [6.45, 7) is 47.6. The van der Waals surface area contributed by atoms with E-state index in [2.05, 4.69) is 28.2 Å². The third-order valence-corrected chi connectivity index (χ3v) is 21.0. The van der Waals surface area contributed by atoms with Crippen LogP contribution >= 0.6 is 0 Å². The smallest absolute Gasteiger partial charge is 0.317 e. The van der Waals surface area contributed by atoms with Crippen molar-refractivity contribution < 1.29 is 124 Å². The fourth-order valence-electron chi connectivity index (χ4n) is 15.2. The Labute approximate surface area is 799 Å². The third-order valence-electron chi connectivity index (χ3n) is 21.0. The first-order valence-corrected chi connectivity index (χ1v) is 49.5. The van der Waals surface area contributed by atoms with E-state index in [0.717, 1.165) is 19.3 Å². The van der Waals surface area contributed by atoms with Crippen molar-refractivity contribution in [1.82, 2.24) is 21.3 Å². The summed E-state index contributed by atoms with van der Waals surface area (Å²) in [7, 11) is 0. The maximum atomic E-state index is 15.7. The number of amides is 4. The zero-order valence-corrected chi connectivity index (χ0v) is 87.8. The molecule has 0 aliphatic rings. The highest BCUT2D eigenvalue weighted by Crippen LogP contribution is 2.36. The van der Waals surface area contributed by atoms with E-state index >= 15 is 19.2 Å². The second-order valence-electron chi connectivity index (χ2n) is 45.3. The molecular formula is C103H182N4O26. The van der Waals surface area contributed by atoms with Gasteiger partial charge in [0.05, 0.1) is 13.2 Å². The van der Waals surface area contributed by atoms with Crippen LogP contribution in [0.3, 0.4) is 0 Å². The molecule has 0 unspecified atom stereocenters. The number of esters is 11. The van der Waals surface area contributed by atoms with E-state index in [4.69, 9.17) is 52.1 Å². The van der Waals surface area contributed by atoms with E-state index in [-0.39, 0.29) is 148 Å². The van der Waals surface area contributed by atoms with E-state index < -0.39 is 207 Å². The summed E-state index contributed by atoms with van der Waals surface area (Å²) in [6.07, 6.45) is 11.4.